The van der Waals surface area contributed by atoms with E-state index in [-0.39, 0.29) is 0 Å². The third-order valence-electron chi connectivity index (χ3n) is 3.47. The van der Waals surface area contributed by atoms with Crippen LogP contribution in [0.5, 0.6) is 0 Å². The second kappa shape index (κ2) is 4.40. The van der Waals surface area contributed by atoms with Crippen molar-refractivity contribution in [3.63, 3.8) is 0 Å². The maximum atomic E-state index is 9.17. The molecule has 76 valence electrons. The van der Waals surface area contributed by atoms with Crippen LogP contribution in [0.15, 0.2) is 0 Å². The van der Waals surface area contributed by atoms with Gasteiger partial charge in [0.25, 0.3) is 0 Å². The number of ether oxygens (including phenoxy) is 1. The van der Waals surface area contributed by atoms with Gasteiger partial charge in [0.15, 0.2) is 0 Å². The van der Waals surface area contributed by atoms with E-state index in [9.17, 15) is 5.11 Å². The van der Waals surface area contributed by atoms with Crippen LogP contribution in [0.3, 0.4) is 0 Å². The Bertz CT molecular complexity index is 157. The van der Waals surface area contributed by atoms with Gasteiger partial charge in [-0.2, -0.15) is 0 Å². The van der Waals surface area contributed by atoms with Crippen LogP contribution in [0.1, 0.15) is 19.3 Å². The summed E-state index contributed by atoms with van der Waals surface area (Å²) in [5.74, 6) is 1.47. The highest BCUT2D eigenvalue weighted by Gasteiger charge is 2.33. The predicted molar refractivity (Wildman–Crippen MR) is 50.5 cm³/mol. The molecule has 3 heteroatoms. The van der Waals surface area contributed by atoms with Crippen molar-refractivity contribution in [3.05, 3.63) is 0 Å². The lowest BCUT2D eigenvalue weighted by molar-refractivity contribution is 0.0397. The molecule has 2 N–H and O–H groups in total. The summed E-state index contributed by atoms with van der Waals surface area (Å²) in [6, 6.07) is 0.350. The van der Waals surface area contributed by atoms with Crippen molar-refractivity contribution >= 4 is 0 Å². The van der Waals surface area contributed by atoms with Crippen LogP contribution in [-0.2, 0) is 4.74 Å². The zero-order chi connectivity index (χ0) is 9.10. The average Bonchev–Trinajstić information content (AvgIpc) is 2.67. The van der Waals surface area contributed by atoms with E-state index in [0.29, 0.717) is 18.6 Å². The SMILES string of the molecule is OCC1NCCC1C1CCOCC1. The molecule has 3 nitrogen and oxygen atoms in total. The lowest BCUT2D eigenvalue weighted by Gasteiger charge is -2.30. The molecule has 2 aliphatic heterocycles. The van der Waals surface area contributed by atoms with Crippen LogP contribution in [0.2, 0.25) is 0 Å². The maximum Gasteiger partial charge on any atom is 0.0587 e. The molecule has 2 aliphatic rings. The average molecular weight is 185 g/mol. The summed E-state index contributed by atoms with van der Waals surface area (Å²) in [6.45, 7) is 3.20. The van der Waals surface area contributed by atoms with Crippen molar-refractivity contribution in [2.45, 2.75) is 25.3 Å². The van der Waals surface area contributed by atoms with Gasteiger partial charge >= 0.3 is 0 Å². The molecule has 2 unspecified atom stereocenters. The molecule has 2 fully saturated rings. The van der Waals surface area contributed by atoms with Gasteiger partial charge in [-0.15, -0.1) is 0 Å². The minimum Gasteiger partial charge on any atom is -0.395 e. The molecule has 0 aromatic rings. The Morgan fingerprint density at radius 3 is 2.69 bits per heavy atom. The maximum absolute atomic E-state index is 9.17. The number of aliphatic hydroxyl groups is 1. The standard InChI is InChI=1S/C10H19NO2/c12-7-10-9(1-4-11-10)8-2-5-13-6-3-8/h8-12H,1-7H2. The summed E-state index contributed by atoms with van der Waals surface area (Å²) < 4.78 is 5.35. The molecular weight excluding hydrogens is 166 g/mol. The highest BCUT2D eigenvalue weighted by molar-refractivity contribution is 4.88. The van der Waals surface area contributed by atoms with Gasteiger partial charge in [-0.25, -0.2) is 0 Å². The van der Waals surface area contributed by atoms with Crippen LogP contribution < -0.4 is 5.32 Å². The van der Waals surface area contributed by atoms with Gasteiger partial charge in [0.2, 0.25) is 0 Å². The summed E-state index contributed by atoms with van der Waals surface area (Å²) in [4.78, 5) is 0. The minimum atomic E-state index is 0.294. The normalized spacial score (nSPS) is 36.7. The van der Waals surface area contributed by atoms with E-state index >= 15 is 0 Å². The summed E-state index contributed by atoms with van der Waals surface area (Å²) >= 11 is 0. The van der Waals surface area contributed by atoms with Crippen LogP contribution >= 0.6 is 0 Å². The van der Waals surface area contributed by atoms with E-state index < -0.39 is 0 Å². The van der Waals surface area contributed by atoms with E-state index in [1.807, 2.05) is 0 Å². The van der Waals surface area contributed by atoms with Gasteiger partial charge < -0.3 is 15.2 Å². The molecular formula is C10H19NO2. The summed E-state index contributed by atoms with van der Waals surface area (Å²) in [5.41, 5.74) is 0. The first-order valence-electron chi connectivity index (χ1n) is 5.34. The zero-order valence-corrected chi connectivity index (χ0v) is 8.04. The highest BCUT2D eigenvalue weighted by atomic mass is 16.5. The first-order chi connectivity index (χ1) is 6.42. The molecule has 0 spiro atoms. The van der Waals surface area contributed by atoms with Gasteiger partial charge in [0.05, 0.1) is 6.61 Å². The summed E-state index contributed by atoms with van der Waals surface area (Å²) in [5, 5.41) is 12.5. The van der Waals surface area contributed by atoms with Crippen molar-refractivity contribution in [2.24, 2.45) is 11.8 Å². The topological polar surface area (TPSA) is 41.5 Å². The van der Waals surface area contributed by atoms with Gasteiger partial charge in [-0.05, 0) is 37.6 Å². The third kappa shape index (κ3) is 2.03. The largest absolute Gasteiger partial charge is 0.395 e. The third-order valence-corrected chi connectivity index (χ3v) is 3.47. The highest BCUT2D eigenvalue weighted by Crippen LogP contribution is 2.31. The van der Waals surface area contributed by atoms with Gasteiger partial charge in [0, 0.05) is 19.3 Å². The Hall–Kier alpha value is -0.120. The number of hydrogen-bond donors (Lipinski definition) is 2. The Kier molecular flexibility index (Phi) is 3.19. The first-order valence-corrected chi connectivity index (χ1v) is 5.34. The van der Waals surface area contributed by atoms with Crippen LogP contribution in [0.4, 0.5) is 0 Å². The fraction of sp³-hybridized carbons (Fsp3) is 1.00. The molecule has 2 heterocycles. The van der Waals surface area contributed by atoms with Crippen LogP contribution in [0.25, 0.3) is 0 Å². The lowest BCUT2D eigenvalue weighted by Crippen LogP contribution is -2.36. The molecule has 2 rings (SSSR count). The van der Waals surface area contributed by atoms with Crippen LogP contribution in [-0.4, -0.2) is 37.5 Å². The number of hydrogen-bond acceptors (Lipinski definition) is 3. The second-order valence-corrected chi connectivity index (χ2v) is 4.15. The molecule has 2 atom stereocenters. The van der Waals surface area contributed by atoms with Gasteiger partial charge in [-0.1, -0.05) is 0 Å². The van der Waals surface area contributed by atoms with E-state index in [1.54, 1.807) is 0 Å². The summed E-state index contributed by atoms with van der Waals surface area (Å²) in [6.07, 6.45) is 3.60. The van der Waals surface area contributed by atoms with Crippen molar-refractivity contribution in [3.8, 4) is 0 Å². The Morgan fingerprint density at radius 2 is 2.00 bits per heavy atom. The van der Waals surface area contributed by atoms with Gasteiger partial charge in [-0.3, -0.25) is 0 Å². The van der Waals surface area contributed by atoms with E-state index in [1.165, 1.54) is 19.3 Å². The molecule has 0 aliphatic carbocycles. The Balaban J connectivity index is 1.90. The fourth-order valence-electron chi connectivity index (χ4n) is 2.70. The van der Waals surface area contributed by atoms with Crippen molar-refractivity contribution in [1.29, 1.82) is 0 Å². The molecule has 2 saturated heterocycles. The number of rotatable bonds is 2. The van der Waals surface area contributed by atoms with Crippen molar-refractivity contribution < 1.29 is 9.84 Å². The molecule has 0 aromatic carbocycles. The minimum absolute atomic E-state index is 0.294. The monoisotopic (exact) mass is 185 g/mol. The quantitative estimate of drug-likeness (QED) is 0.653. The van der Waals surface area contributed by atoms with Crippen LogP contribution in [0, 0.1) is 11.8 Å². The molecule has 0 bridgehead atoms. The van der Waals surface area contributed by atoms with E-state index in [2.05, 4.69) is 5.32 Å². The Morgan fingerprint density at radius 1 is 1.23 bits per heavy atom. The molecule has 0 aromatic heterocycles. The molecule has 13 heavy (non-hydrogen) atoms. The Labute approximate surface area is 79.5 Å². The zero-order valence-electron chi connectivity index (χ0n) is 8.04. The summed E-state index contributed by atoms with van der Waals surface area (Å²) in [7, 11) is 0. The number of nitrogens with one attached hydrogen (secondary N) is 1. The fourth-order valence-corrected chi connectivity index (χ4v) is 2.70. The van der Waals surface area contributed by atoms with Crippen molar-refractivity contribution in [1.82, 2.24) is 5.32 Å². The van der Waals surface area contributed by atoms with Gasteiger partial charge in [0.1, 0.15) is 0 Å². The molecule has 0 radical (unpaired) electrons. The van der Waals surface area contributed by atoms with E-state index in [0.717, 1.165) is 25.7 Å². The first kappa shape index (κ1) is 9.44. The lowest BCUT2D eigenvalue weighted by atomic mass is 9.81. The number of aliphatic hydroxyl groups excluding tert-OH is 1. The van der Waals surface area contributed by atoms with E-state index in [4.69, 9.17) is 4.74 Å². The molecule has 0 saturated carbocycles. The predicted octanol–water partition coefficient (Wildman–Crippen LogP) is 0.383. The van der Waals surface area contributed by atoms with Crippen molar-refractivity contribution in [2.75, 3.05) is 26.4 Å². The molecule has 0 amide bonds. The smallest absolute Gasteiger partial charge is 0.0587 e. The second-order valence-electron chi connectivity index (χ2n) is 4.15.